The Balaban J connectivity index is 2.47. The van der Waals surface area contributed by atoms with Gasteiger partial charge in [0.25, 0.3) is 0 Å². The topological polar surface area (TPSA) is 107 Å². The first-order valence-electron chi connectivity index (χ1n) is 13.1. The van der Waals surface area contributed by atoms with Crippen LogP contribution in [0.25, 0.3) is 0 Å². The molecule has 0 aliphatic carbocycles. The van der Waals surface area contributed by atoms with Crippen LogP contribution in [0.5, 0.6) is 0 Å². The third-order valence-electron chi connectivity index (χ3n) is 6.91. The molecule has 1 rings (SSSR count). The molecule has 0 aromatic rings. The molecule has 1 heterocycles. The summed E-state index contributed by atoms with van der Waals surface area (Å²) in [5.41, 5.74) is -3.59. The van der Waals surface area contributed by atoms with Gasteiger partial charge < -0.3 is 25.2 Å². The van der Waals surface area contributed by atoms with Crippen LogP contribution in [-0.4, -0.2) is 44.2 Å². The zero-order valence-corrected chi connectivity index (χ0v) is 20.5. The van der Waals surface area contributed by atoms with Crippen molar-refractivity contribution in [2.24, 2.45) is 0 Å². The fourth-order valence-electron chi connectivity index (χ4n) is 4.73. The molecule has 1 aliphatic rings. The number of rotatable bonds is 20. The minimum atomic E-state index is -1.82. The summed E-state index contributed by atoms with van der Waals surface area (Å²) in [6, 6.07) is 0. The number of cyclic esters (lactones) is 1. The Bertz CT molecular complexity index is 561. The normalized spacial score (nSPS) is 20.6. The second-order valence-electron chi connectivity index (χ2n) is 9.55. The highest BCUT2D eigenvalue weighted by atomic mass is 16.6. The lowest BCUT2D eigenvalue weighted by atomic mass is 9.75. The molecule has 0 saturated carbocycles. The molecular formula is C26H48O6. The molecule has 0 unspecified atom stereocenters. The van der Waals surface area contributed by atoms with Crippen molar-refractivity contribution in [2.45, 2.75) is 141 Å². The van der Waals surface area contributed by atoms with Gasteiger partial charge in [-0.2, -0.15) is 0 Å². The molecule has 0 saturated heterocycles. The maximum absolute atomic E-state index is 11.9. The minimum absolute atomic E-state index is 0.171. The van der Waals surface area contributed by atoms with Crippen LogP contribution in [0, 0.1) is 0 Å². The summed E-state index contributed by atoms with van der Waals surface area (Å²) in [5, 5.41) is 41.7. The van der Waals surface area contributed by atoms with Gasteiger partial charge in [0.1, 0.15) is 5.60 Å². The van der Waals surface area contributed by atoms with E-state index in [0.29, 0.717) is 12.8 Å². The number of ether oxygens (including phenoxy) is 1. The van der Waals surface area contributed by atoms with E-state index in [9.17, 15) is 25.2 Å². The number of hydrogen-bond donors (Lipinski definition) is 4. The maximum atomic E-state index is 11.9. The lowest BCUT2D eigenvalue weighted by Gasteiger charge is -2.42. The van der Waals surface area contributed by atoms with E-state index in [4.69, 9.17) is 4.74 Å². The summed E-state index contributed by atoms with van der Waals surface area (Å²) < 4.78 is 5.34. The van der Waals surface area contributed by atoms with Crippen LogP contribution < -0.4 is 0 Å². The molecule has 1 aliphatic heterocycles. The molecule has 4 N–H and O–H groups in total. The molecule has 32 heavy (non-hydrogen) atoms. The molecule has 0 radical (unpaired) electrons. The second-order valence-corrected chi connectivity index (χ2v) is 9.55. The number of carbonyl (C=O) groups excluding carboxylic acids is 1. The Morgan fingerprint density at radius 1 is 0.750 bits per heavy atom. The van der Waals surface area contributed by atoms with E-state index in [-0.39, 0.29) is 12.8 Å². The largest absolute Gasteiger partial charge is 0.505 e. The van der Waals surface area contributed by atoms with Crippen molar-refractivity contribution in [2.75, 3.05) is 6.61 Å². The lowest BCUT2D eigenvalue weighted by Crippen LogP contribution is -2.58. The molecule has 0 spiro atoms. The van der Waals surface area contributed by atoms with Crippen LogP contribution in [0.4, 0.5) is 0 Å². The molecule has 0 aromatic carbocycles. The van der Waals surface area contributed by atoms with Gasteiger partial charge in [-0.3, -0.25) is 0 Å². The Labute approximate surface area is 195 Å². The number of carbonyl (C=O) groups is 1. The Kier molecular flexibility index (Phi) is 14.0. The van der Waals surface area contributed by atoms with Crippen LogP contribution in [0.15, 0.2) is 11.5 Å². The van der Waals surface area contributed by atoms with Gasteiger partial charge in [-0.1, -0.05) is 110 Å². The van der Waals surface area contributed by atoms with Gasteiger partial charge in [-0.15, -0.1) is 0 Å². The van der Waals surface area contributed by atoms with Crippen molar-refractivity contribution in [3.05, 3.63) is 11.5 Å². The SMILES string of the molecule is CCCCCCCCCCCCCC[C@](O)(CO)[C@@]1(CCCCCC)OC(=O)C(O)=C1O. The van der Waals surface area contributed by atoms with Crippen molar-refractivity contribution < 1.29 is 30.0 Å². The van der Waals surface area contributed by atoms with Crippen LogP contribution in [0.3, 0.4) is 0 Å². The van der Waals surface area contributed by atoms with Gasteiger partial charge in [-0.25, -0.2) is 4.79 Å². The third-order valence-corrected chi connectivity index (χ3v) is 6.91. The lowest BCUT2D eigenvalue weighted by molar-refractivity contribution is -0.196. The fraction of sp³-hybridized carbons (Fsp3) is 0.885. The highest BCUT2D eigenvalue weighted by Crippen LogP contribution is 2.45. The molecular weight excluding hydrogens is 408 g/mol. The number of hydrogen-bond acceptors (Lipinski definition) is 6. The molecule has 0 fully saturated rings. The predicted octanol–water partition coefficient (Wildman–Crippen LogP) is 6.39. The number of aliphatic hydroxyl groups is 4. The van der Waals surface area contributed by atoms with Crippen LogP contribution in [0.2, 0.25) is 0 Å². The predicted molar refractivity (Wildman–Crippen MR) is 128 cm³/mol. The van der Waals surface area contributed by atoms with E-state index in [1.807, 2.05) is 0 Å². The van der Waals surface area contributed by atoms with Crippen molar-refractivity contribution in [3.63, 3.8) is 0 Å². The summed E-state index contributed by atoms with van der Waals surface area (Å²) in [6.07, 6.45) is 18.0. The second kappa shape index (κ2) is 15.5. The van der Waals surface area contributed by atoms with E-state index in [1.54, 1.807) is 0 Å². The molecule has 6 heteroatoms. The Hall–Kier alpha value is -1.27. The van der Waals surface area contributed by atoms with Crippen molar-refractivity contribution in [3.8, 4) is 0 Å². The standard InChI is InChI=1S/C26H48O6/c1-3-5-7-9-10-11-12-13-14-15-16-17-19-25(31,21-27)26(20-18-8-6-4-2)23(29)22(28)24(30)32-26/h27-29,31H,3-21H2,1-2H3/t25-,26-/m0/s1. The van der Waals surface area contributed by atoms with E-state index >= 15 is 0 Å². The van der Waals surface area contributed by atoms with Gasteiger partial charge >= 0.3 is 5.97 Å². The molecule has 188 valence electrons. The minimum Gasteiger partial charge on any atom is -0.505 e. The van der Waals surface area contributed by atoms with Crippen molar-refractivity contribution >= 4 is 5.97 Å². The van der Waals surface area contributed by atoms with Crippen LogP contribution in [0.1, 0.15) is 129 Å². The van der Waals surface area contributed by atoms with Crippen LogP contribution in [-0.2, 0) is 9.53 Å². The van der Waals surface area contributed by atoms with E-state index in [0.717, 1.165) is 38.5 Å². The maximum Gasteiger partial charge on any atom is 0.378 e. The summed E-state index contributed by atoms with van der Waals surface area (Å²) in [7, 11) is 0. The van der Waals surface area contributed by atoms with Gasteiger partial charge in [0.05, 0.1) is 6.61 Å². The van der Waals surface area contributed by atoms with Crippen molar-refractivity contribution in [1.29, 1.82) is 0 Å². The van der Waals surface area contributed by atoms with E-state index < -0.39 is 35.3 Å². The number of unbranched alkanes of at least 4 members (excludes halogenated alkanes) is 14. The zero-order chi connectivity index (χ0) is 23.9. The van der Waals surface area contributed by atoms with Gasteiger partial charge in [0, 0.05) is 0 Å². The van der Waals surface area contributed by atoms with E-state index in [2.05, 4.69) is 13.8 Å². The molecule has 0 aromatic heterocycles. The Morgan fingerprint density at radius 3 is 1.59 bits per heavy atom. The van der Waals surface area contributed by atoms with Gasteiger partial charge in [0.2, 0.25) is 11.4 Å². The zero-order valence-electron chi connectivity index (χ0n) is 20.5. The smallest absolute Gasteiger partial charge is 0.378 e. The van der Waals surface area contributed by atoms with Crippen molar-refractivity contribution in [1.82, 2.24) is 0 Å². The highest BCUT2D eigenvalue weighted by Gasteiger charge is 2.61. The summed E-state index contributed by atoms with van der Waals surface area (Å²) in [5.74, 6) is -2.55. The molecule has 0 amide bonds. The summed E-state index contributed by atoms with van der Waals surface area (Å²) in [6.45, 7) is 3.66. The molecule has 2 atom stereocenters. The first kappa shape index (κ1) is 28.8. The summed E-state index contributed by atoms with van der Waals surface area (Å²) in [4.78, 5) is 11.9. The first-order chi connectivity index (χ1) is 15.4. The monoisotopic (exact) mass is 456 g/mol. The first-order valence-corrected chi connectivity index (χ1v) is 13.1. The average molecular weight is 457 g/mol. The highest BCUT2D eigenvalue weighted by molar-refractivity contribution is 5.90. The molecule has 0 bridgehead atoms. The Morgan fingerprint density at radius 2 is 1.19 bits per heavy atom. The van der Waals surface area contributed by atoms with Gasteiger partial charge in [0.15, 0.2) is 5.76 Å². The fourth-order valence-corrected chi connectivity index (χ4v) is 4.73. The number of esters is 1. The average Bonchev–Trinajstić information content (AvgIpc) is 3.02. The van der Waals surface area contributed by atoms with E-state index in [1.165, 1.54) is 51.4 Å². The molecule has 6 nitrogen and oxygen atoms in total. The third kappa shape index (κ3) is 8.26. The van der Waals surface area contributed by atoms with Crippen LogP contribution >= 0.6 is 0 Å². The van der Waals surface area contributed by atoms with Gasteiger partial charge in [-0.05, 0) is 19.3 Å². The number of aliphatic hydroxyl groups excluding tert-OH is 3. The quantitative estimate of drug-likeness (QED) is 0.125. The summed E-state index contributed by atoms with van der Waals surface area (Å²) >= 11 is 0.